The zero-order valence-corrected chi connectivity index (χ0v) is 10.2. The summed E-state index contributed by atoms with van der Waals surface area (Å²) in [7, 11) is 0. The van der Waals surface area contributed by atoms with E-state index < -0.39 is 0 Å². The van der Waals surface area contributed by atoms with Crippen LogP contribution in [0.2, 0.25) is 10.2 Å². The van der Waals surface area contributed by atoms with Crippen molar-refractivity contribution in [2.45, 2.75) is 6.61 Å². The van der Waals surface area contributed by atoms with Crippen molar-refractivity contribution in [3.63, 3.8) is 0 Å². The molecule has 1 aromatic carbocycles. The highest BCUT2D eigenvalue weighted by atomic mass is 35.5. The van der Waals surface area contributed by atoms with Crippen LogP contribution >= 0.6 is 23.2 Å². The van der Waals surface area contributed by atoms with Gasteiger partial charge in [0.1, 0.15) is 10.9 Å². The molecule has 0 spiro atoms. The van der Waals surface area contributed by atoms with Gasteiger partial charge in [0.15, 0.2) is 0 Å². The van der Waals surface area contributed by atoms with Gasteiger partial charge in [-0.05, 0) is 30.3 Å². The van der Waals surface area contributed by atoms with Gasteiger partial charge in [-0.25, -0.2) is 4.98 Å². The molecular formula is C12H9Cl2NO2. The van der Waals surface area contributed by atoms with Crippen LogP contribution in [0.3, 0.4) is 0 Å². The lowest BCUT2D eigenvalue weighted by Crippen LogP contribution is -1.94. The van der Waals surface area contributed by atoms with Gasteiger partial charge in [0, 0.05) is 11.1 Å². The minimum absolute atomic E-state index is 0.166. The van der Waals surface area contributed by atoms with E-state index in [2.05, 4.69) is 4.98 Å². The van der Waals surface area contributed by atoms with E-state index in [9.17, 15) is 10.2 Å². The summed E-state index contributed by atoms with van der Waals surface area (Å²) < 4.78 is 0. The normalized spacial score (nSPS) is 10.5. The molecule has 3 nitrogen and oxygen atoms in total. The number of benzene rings is 1. The van der Waals surface area contributed by atoms with Crippen molar-refractivity contribution >= 4 is 23.2 Å². The number of hydrogen-bond acceptors (Lipinski definition) is 3. The zero-order chi connectivity index (χ0) is 12.4. The van der Waals surface area contributed by atoms with Gasteiger partial charge in [0.05, 0.1) is 17.3 Å². The number of aliphatic hydroxyl groups is 1. The Morgan fingerprint density at radius 1 is 1.12 bits per heavy atom. The number of aromatic hydroxyl groups is 1. The van der Waals surface area contributed by atoms with Gasteiger partial charge >= 0.3 is 0 Å². The number of hydrogen-bond donors (Lipinski definition) is 2. The predicted molar refractivity (Wildman–Crippen MR) is 67.3 cm³/mol. The maximum Gasteiger partial charge on any atom is 0.148 e. The third-order valence-corrected chi connectivity index (χ3v) is 3.00. The van der Waals surface area contributed by atoms with E-state index in [0.29, 0.717) is 16.3 Å². The second-order valence-corrected chi connectivity index (χ2v) is 4.24. The number of phenols is 1. The van der Waals surface area contributed by atoms with Crippen molar-refractivity contribution < 1.29 is 10.2 Å². The number of halogens is 2. The van der Waals surface area contributed by atoms with E-state index in [1.165, 1.54) is 0 Å². The fourth-order valence-electron chi connectivity index (χ4n) is 1.49. The van der Waals surface area contributed by atoms with Gasteiger partial charge in [-0.2, -0.15) is 0 Å². The van der Waals surface area contributed by atoms with Crippen LogP contribution in [0.25, 0.3) is 11.3 Å². The highest BCUT2D eigenvalue weighted by Crippen LogP contribution is 2.29. The molecule has 0 bridgehead atoms. The first-order valence-electron chi connectivity index (χ1n) is 4.87. The topological polar surface area (TPSA) is 53.4 Å². The van der Waals surface area contributed by atoms with Gasteiger partial charge in [0.25, 0.3) is 0 Å². The molecule has 2 aromatic rings. The fourth-order valence-corrected chi connectivity index (χ4v) is 1.81. The second kappa shape index (κ2) is 4.92. The third-order valence-electron chi connectivity index (χ3n) is 2.32. The van der Waals surface area contributed by atoms with Crippen molar-refractivity contribution in [2.24, 2.45) is 0 Å². The highest BCUT2D eigenvalue weighted by Gasteiger charge is 2.10. The summed E-state index contributed by atoms with van der Waals surface area (Å²) in [5, 5.41) is 19.0. The van der Waals surface area contributed by atoms with Crippen molar-refractivity contribution in [3.8, 4) is 17.0 Å². The minimum atomic E-state index is -0.180. The smallest absolute Gasteiger partial charge is 0.148 e. The molecule has 0 radical (unpaired) electrons. The summed E-state index contributed by atoms with van der Waals surface area (Å²) >= 11 is 11.7. The summed E-state index contributed by atoms with van der Waals surface area (Å²) in [6.45, 7) is -0.180. The van der Waals surface area contributed by atoms with E-state index in [1.54, 1.807) is 30.3 Å². The lowest BCUT2D eigenvalue weighted by Gasteiger charge is -2.08. The molecular weight excluding hydrogens is 261 g/mol. The Balaban J connectivity index is 2.57. The van der Waals surface area contributed by atoms with Crippen LogP contribution in [-0.4, -0.2) is 15.2 Å². The molecule has 1 aromatic heterocycles. The first-order valence-corrected chi connectivity index (χ1v) is 5.62. The third kappa shape index (κ3) is 2.52. The van der Waals surface area contributed by atoms with E-state index in [4.69, 9.17) is 23.2 Å². The largest absolute Gasteiger partial charge is 0.508 e. The van der Waals surface area contributed by atoms with Crippen LogP contribution in [-0.2, 0) is 6.61 Å². The summed E-state index contributed by atoms with van der Waals surface area (Å²) in [6.07, 6.45) is 0. The Hall–Kier alpha value is -1.29. The molecule has 0 saturated heterocycles. The van der Waals surface area contributed by atoms with Gasteiger partial charge in [-0.15, -0.1) is 0 Å². The van der Waals surface area contributed by atoms with Crippen LogP contribution in [0, 0.1) is 0 Å². The van der Waals surface area contributed by atoms with E-state index in [1.807, 2.05) is 0 Å². The molecule has 0 aliphatic rings. The molecule has 2 rings (SSSR count). The quantitative estimate of drug-likeness (QED) is 0.823. The summed E-state index contributed by atoms with van der Waals surface area (Å²) in [5.41, 5.74) is 1.90. The molecule has 0 amide bonds. The second-order valence-electron chi connectivity index (χ2n) is 3.47. The van der Waals surface area contributed by atoms with Gasteiger partial charge in [-0.1, -0.05) is 23.2 Å². The fraction of sp³-hybridized carbons (Fsp3) is 0.0833. The van der Waals surface area contributed by atoms with Crippen molar-refractivity contribution in [1.29, 1.82) is 0 Å². The number of pyridine rings is 1. The standard InChI is InChI=1S/C12H9Cl2NO2/c13-10-5-8(6-16)11(15-12(10)14)7-1-3-9(17)4-2-7/h1-5,16-17H,6H2. The van der Waals surface area contributed by atoms with Crippen LogP contribution in [0.1, 0.15) is 5.56 Å². The lowest BCUT2D eigenvalue weighted by molar-refractivity contribution is 0.282. The van der Waals surface area contributed by atoms with Crippen LogP contribution < -0.4 is 0 Å². The van der Waals surface area contributed by atoms with Crippen LogP contribution in [0.5, 0.6) is 5.75 Å². The number of aromatic nitrogens is 1. The number of rotatable bonds is 2. The Morgan fingerprint density at radius 3 is 2.35 bits per heavy atom. The Bertz CT molecular complexity index is 541. The molecule has 0 fully saturated rings. The van der Waals surface area contributed by atoms with Gasteiger partial charge in [0.2, 0.25) is 0 Å². The maximum atomic E-state index is 9.26. The summed E-state index contributed by atoms with van der Waals surface area (Å²) in [4.78, 5) is 4.14. The lowest BCUT2D eigenvalue weighted by atomic mass is 10.1. The summed E-state index contributed by atoms with van der Waals surface area (Å²) in [5.74, 6) is 0.166. The predicted octanol–water partition coefficient (Wildman–Crippen LogP) is 3.25. The van der Waals surface area contributed by atoms with Crippen LogP contribution in [0.4, 0.5) is 0 Å². The first kappa shape index (κ1) is 12.2. The monoisotopic (exact) mass is 269 g/mol. The van der Waals surface area contributed by atoms with Crippen LogP contribution in [0.15, 0.2) is 30.3 Å². The molecule has 5 heteroatoms. The van der Waals surface area contributed by atoms with Gasteiger partial charge < -0.3 is 10.2 Å². The van der Waals surface area contributed by atoms with Crippen molar-refractivity contribution in [3.05, 3.63) is 46.1 Å². The molecule has 88 valence electrons. The average molecular weight is 270 g/mol. The molecule has 17 heavy (non-hydrogen) atoms. The van der Waals surface area contributed by atoms with E-state index >= 15 is 0 Å². The first-order chi connectivity index (χ1) is 8.11. The Morgan fingerprint density at radius 2 is 1.76 bits per heavy atom. The van der Waals surface area contributed by atoms with E-state index in [0.717, 1.165) is 5.56 Å². The molecule has 1 heterocycles. The molecule has 0 unspecified atom stereocenters. The van der Waals surface area contributed by atoms with Crippen molar-refractivity contribution in [1.82, 2.24) is 4.98 Å². The number of aliphatic hydroxyl groups excluding tert-OH is 1. The Labute approximate surface area is 108 Å². The van der Waals surface area contributed by atoms with Crippen molar-refractivity contribution in [2.75, 3.05) is 0 Å². The summed E-state index contributed by atoms with van der Waals surface area (Å²) in [6, 6.07) is 8.06. The van der Waals surface area contributed by atoms with E-state index in [-0.39, 0.29) is 17.5 Å². The number of phenolic OH excluding ortho intramolecular Hbond substituents is 1. The molecule has 2 N–H and O–H groups in total. The van der Waals surface area contributed by atoms with Gasteiger partial charge in [-0.3, -0.25) is 0 Å². The minimum Gasteiger partial charge on any atom is -0.508 e. The number of nitrogens with zero attached hydrogens (tertiary/aromatic N) is 1. The molecule has 0 saturated carbocycles. The Kier molecular flexibility index (Phi) is 3.52. The molecule has 0 aliphatic heterocycles. The zero-order valence-electron chi connectivity index (χ0n) is 8.69. The maximum absolute atomic E-state index is 9.26. The molecule has 0 atom stereocenters. The molecule has 0 aliphatic carbocycles. The SMILES string of the molecule is OCc1cc(Cl)c(Cl)nc1-c1ccc(O)cc1. The highest BCUT2D eigenvalue weighted by molar-refractivity contribution is 6.41. The average Bonchev–Trinajstić information content (AvgIpc) is 2.33.